The molecule has 0 bridgehead atoms. The van der Waals surface area contributed by atoms with Crippen molar-refractivity contribution >= 4 is 16.5 Å². The van der Waals surface area contributed by atoms with Crippen molar-refractivity contribution in [3.05, 3.63) is 42.1 Å². The number of hydrogen-bond donors (Lipinski definition) is 0. The van der Waals surface area contributed by atoms with E-state index in [4.69, 9.17) is 14.2 Å². The van der Waals surface area contributed by atoms with E-state index in [0.717, 1.165) is 43.3 Å². The van der Waals surface area contributed by atoms with E-state index in [1.54, 1.807) is 7.11 Å². The number of pyridine rings is 1. The van der Waals surface area contributed by atoms with Crippen molar-refractivity contribution in [3.8, 4) is 28.5 Å². The van der Waals surface area contributed by atoms with Crippen molar-refractivity contribution in [1.29, 1.82) is 0 Å². The fourth-order valence-corrected chi connectivity index (χ4v) is 4.84. The quantitative estimate of drug-likeness (QED) is 0.640. The van der Waals surface area contributed by atoms with Crippen LogP contribution in [-0.2, 0) is 13.0 Å². The van der Waals surface area contributed by atoms with Crippen LogP contribution >= 0.6 is 0 Å². The maximum Gasteiger partial charge on any atom is 0.231 e. The maximum atomic E-state index is 5.74. The number of ether oxygens (including phenoxy) is 3. The molecule has 0 amide bonds. The first-order chi connectivity index (χ1) is 13.8. The third-order valence-corrected chi connectivity index (χ3v) is 6.24. The lowest BCUT2D eigenvalue weighted by Crippen LogP contribution is -2.40. The minimum atomic E-state index is 0.314. The summed E-state index contributed by atoms with van der Waals surface area (Å²) in [5, 5.41) is 2.52. The molecule has 5 nitrogen and oxygen atoms in total. The van der Waals surface area contributed by atoms with E-state index in [1.807, 2.05) is 0 Å². The zero-order valence-electron chi connectivity index (χ0n) is 16.0. The third kappa shape index (κ3) is 2.28. The summed E-state index contributed by atoms with van der Waals surface area (Å²) in [5.74, 6) is 2.68. The van der Waals surface area contributed by atoms with E-state index >= 15 is 0 Å². The normalized spacial score (nSPS) is 17.0. The van der Waals surface area contributed by atoms with Gasteiger partial charge >= 0.3 is 0 Å². The van der Waals surface area contributed by atoms with Crippen LogP contribution in [0.2, 0.25) is 0 Å². The molecule has 6 rings (SSSR count). The molecule has 3 aromatic rings. The molecule has 0 radical (unpaired) electrons. The molecule has 4 heterocycles. The van der Waals surface area contributed by atoms with Crippen LogP contribution in [0.25, 0.3) is 22.0 Å². The van der Waals surface area contributed by atoms with Crippen LogP contribution in [-0.4, -0.2) is 27.0 Å². The summed E-state index contributed by atoms with van der Waals surface area (Å²) in [7, 11) is 1.77. The van der Waals surface area contributed by atoms with Crippen LogP contribution in [0.5, 0.6) is 17.2 Å². The van der Waals surface area contributed by atoms with Gasteiger partial charge in [-0.2, -0.15) is 4.57 Å². The SMILES string of the molecule is COc1ccc2cc3[n+](cc2c1N1CCCC1)CCc1cc2c(cc1-3)OCO2. The lowest BCUT2D eigenvalue weighted by Gasteiger charge is -2.23. The zero-order chi connectivity index (χ0) is 18.7. The molecule has 1 saturated heterocycles. The number of benzene rings is 2. The molecule has 0 atom stereocenters. The molecule has 0 unspecified atom stereocenters. The predicted octanol–water partition coefficient (Wildman–Crippen LogP) is 3.69. The topological polar surface area (TPSA) is 34.8 Å². The Balaban J connectivity index is 1.57. The van der Waals surface area contributed by atoms with E-state index in [0.29, 0.717) is 6.79 Å². The smallest absolute Gasteiger partial charge is 0.231 e. The summed E-state index contributed by atoms with van der Waals surface area (Å²) in [4.78, 5) is 2.48. The zero-order valence-corrected chi connectivity index (χ0v) is 16.0. The Morgan fingerprint density at radius 1 is 1.04 bits per heavy atom. The second kappa shape index (κ2) is 6.03. The van der Waals surface area contributed by atoms with E-state index in [-0.39, 0.29) is 0 Å². The molecule has 1 aromatic heterocycles. The first kappa shape index (κ1) is 16.0. The number of anilines is 1. The Hall–Kier alpha value is -2.95. The number of aryl methyl sites for hydroxylation is 2. The highest BCUT2D eigenvalue weighted by atomic mass is 16.7. The van der Waals surface area contributed by atoms with E-state index in [1.165, 1.54) is 46.1 Å². The largest absolute Gasteiger partial charge is 0.495 e. The highest BCUT2D eigenvalue weighted by Gasteiger charge is 2.29. The monoisotopic (exact) mass is 375 g/mol. The minimum absolute atomic E-state index is 0.314. The van der Waals surface area contributed by atoms with E-state index in [2.05, 4.69) is 46.0 Å². The van der Waals surface area contributed by atoms with Crippen LogP contribution in [0.3, 0.4) is 0 Å². The summed E-state index contributed by atoms with van der Waals surface area (Å²) in [6, 6.07) is 10.9. The van der Waals surface area contributed by atoms with Gasteiger partial charge in [0.2, 0.25) is 12.5 Å². The Labute approximate surface area is 164 Å². The molecule has 3 aliphatic heterocycles. The van der Waals surface area contributed by atoms with Gasteiger partial charge in [-0.25, -0.2) is 0 Å². The van der Waals surface area contributed by atoms with Crippen molar-refractivity contribution < 1.29 is 18.8 Å². The number of aromatic nitrogens is 1. The lowest BCUT2D eigenvalue weighted by molar-refractivity contribution is -0.686. The standard InChI is InChI=1S/C23H23N2O3/c1-26-20-5-4-15-10-19-17-12-22-21(27-14-28-22)11-16(17)6-9-25(19)13-18(15)23(20)24-7-2-3-8-24/h4-5,10-13H,2-3,6-9,14H2,1H3/q+1. The highest BCUT2D eigenvalue weighted by molar-refractivity contribution is 5.98. The maximum absolute atomic E-state index is 5.74. The molecule has 0 spiro atoms. The van der Waals surface area contributed by atoms with E-state index in [9.17, 15) is 0 Å². The Bertz CT molecular complexity index is 1100. The van der Waals surface area contributed by atoms with Gasteiger partial charge in [-0.3, -0.25) is 0 Å². The van der Waals surface area contributed by atoms with Crippen LogP contribution in [0, 0.1) is 0 Å². The van der Waals surface area contributed by atoms with Crippen molar-refractivity contribution in [3.63, 3.8) is 0 Å². The molecule has 2 aromatic carbocycles. The third-order valence-electron chi connectivity index (χ3n) is 6.24. The van der Waals surface area contributed by atoms with Gasteiger partial charge in [0, 0.05) is 25.6 Å². The van der Waals surface area contributed by atoms with Crippen molar-refractivity contribution in [2.75, 3.05) is 31.9 Å². The van der Waals surface area contributed by atoms with Crippen LogP contribution in [0.4, 0.5) is 5.69 Å². The molecule has 5 heteroatoms. The van der Waals surface area contributed by atoms with Gasteiger partial charge < -0.3 is 19.1 Å². The fraction of sp³-hybridized carbons (Fsp3) is 0.348. The van der Waals surface area contributed by atoms with Gasteiger partial charge in [0.05, 0.1) is 23.7 Å². The van der Waals surface area contributed by atoms with Crippen molar-refractivity contribution in [1.82, 2.24) is 0 Å². The van der Waals surface area contributed by atoms with E-state index < -0.39 is 0 Å². The minimum Gasteiger partial charge on any atom is -0.495 e. The Morgan fingerprint density at radius 3 is 2.68 bits per heavy atom. The molecule has 1 fully saturated rings. The van der Waals surface area contributed by atoms with Gasteiger partial charge in [0.25, 0.3) is 0 Å². The molecular formula is C23H23N2O3+. The van der Waals surface area contributed by atoms with Crippen LogP contribution in [0.1, 0.15) is 18.4 Å². The number of rotatable bonds is 2. The first-order valence-electron chi connectivity index (χ1n) is 10.0. The summed E-state index contributed by atoms with van der Waals surface area (Å²) in [6.45, 7) is 3.48. The molecule has 0 saturated carbocycles. The number of methoxy groups -OCH3 is 1. The summed E-state index contributed by atoms with van der Waals surface area (Å²) in [6.07, 6.45) is 5.81. The van der Waals surface area contributed by atoms with Gasteiger partial charge in [0.15, 0.2) is 24.2 Å². The summed E-state index contributed by atoms with van der Waals surface area (Å²) in [5.41, 5.74) is 5.06. The van der Waals surface area contributed by atoms with Gasteiger partial charge in [-0.05, 0) is 42.0 Å². The summed E-state index contributed by atoms with van der Waals surface area (Å²) >= 11 is 0. The van der Waals surface area contributed by atoms with Gasteiger partial charge in [-0.1, -0.05) is 6.07 Å². The molecular weight excluding hydrogens is 352 g/mol. The summed E-state index contributed by atoms with van der Waals surface area (Å²) < 4.78 is 19.3. The molecule has 0 aliphatic carbocycles. The average molecular weight is 375 g/mol. The van der Waals surface area contributed by atoms with Crippen molar-refractivity contribution in [2.45, 2.75) is 25.8 Å². The molecule has 142 valence electrons. The lowest BCUT2D eigenvalue weighted by atomic mass is 9.95. The second-order valence-electron chi connectivity index (χ2n) is 7.78. The van der Waals surface area contributed by atoms with Gasteiger partial charge in [-0.15, -0.1) is 0 Å². The molecule has 3 aliphatic rings. The Morgan fingerprint density at radius 2 is 1.86 bits per heavy atom. The number of hydrogen-bond acceptors (Lipinski definition) is 4. The molecule has 28 heavy (non-hydrogen) atoms. The average Bonchev–Trinajstić information content (AvgIpc) is 3.41. The highest BCUT2D eigenvalue weighted by Crippen LogP contribution is 2.42. The van der Waals surface area contributed by atoms with Crippen LogP contribution < -0.4 is 23.7 Å². The van der Waals surface area contributed by atoms with Crippen molar-refractivity contribution in [2.24, 2.45) is 0 Å². The second-order valence-corrected chi connectivity index (χ2v) is 7.78. The molecule has 0 N–H and O–H groups in total. The Kier molecular flexibility index (Phi) is 3.45. The van der Waals surface area contributed by atoms with Crippen LogP contribution in [0.15, 0.2) is 36.5 Å². The van der Waals surface area contributed by atoms with Gasteiger partial charge in [0.1, 0.15) is 5.75 Å². The number of fused-ring (bicyclic) bond motifs is 5. The predicted molar refractivity (Wildman–Crippen MR) is 107 cm³/mol. The fourth-order valence-electron chi connectivity index (χ4n) is 4.84. The first-order valence-corrected chi connectivity index (χ1v) is 10.0. The number of nitrogens with zero attached hydrogens (tertiary/aromatic N) is 2.